The van der Waals surface area contributed by atoms with E-state index in [2.05, 4.69) is 25.5 Å². The van der Waals surface area contributed by atoms with Gasteiger partial charge in [0.15, 0.2) is 0 Å². The number of ether oxygens (including phenoxy) is 1. The maximum Gasteiger partial charge on any atom is 0.573 e. The fourth-order valence-electron chi connectivity index (χ4n) is 9.52. The largest absolute Gasteiger partial charge is 0.573 e. The molecule has 0 aromatic heterocycles. The van der Waals surface area contributed by atoms with Crippen molar-refractivity contribution >= 4 is 0 Å². The molecule has 0 spiro atoms. The molecular weight excluding hydrogens is 524 g/mol. The minimum absolute atomic E-state index is 0.0235. The van der Waals surface area contributed by atoms with Gasteiger partial charge in [-0.05, 0) is 97.0 Å². The van der Waals surface area contributed by atoms with Crippen LogP contribution in [0.15, 0.2) is 35.7 Å². The van der Waals surface area contributed by atoms with Crippen molar-refractivity contribution in [3.8, 4) is 5.75 Å². The molecule has 5 rings (SSSR count). The van der Waals surface area contributed by atoms with Crippen molar-refractivity contribution < 1.29 is 37.6 Å². The monoisotopic (exact) mass is 568 g/mol. The SMILES string of the molecule is C[C@H](CCCC(O)c1ccccc1OC(F)(F)F)[C@H]1CC[C@H]2C3=C(F)C[C@H]4[C@@H](O)[C@@H](O)CC[C@]4(C)[C@H]3CC[C@]12C. The van der Waals surface area contributed by atoms with Crippen LogP contribution in [0.2, 0.25) is 0 Å². The number of benzene rings is 1. The van der Waals surface area contributed by atoms with Crippen molar-refractivity contribution in [3.05, 3.63) is 41.2 Å². The first kappa shape index (κ1) is 29.8. The first-order valence-corrected chi connectivity index (χ1v) is 15.0. The minimum atomic E-state index is -4.82. The van der Waals surface area contributed by atoms with Gasteiger partial charge in [0.05, 0.1) is 18.3 Å². The van der Waals surface area contributed by atoms with E-state index in [1.165, 1.54) is 18.2 Å². The summed E-state index contributed by atoms with van der Waals surface area (Å²) in [5.74, 6) is 0.351. The lowest BCUT2D eigenvalue weighted by molar-refractivity contribution is -0.275. The summed E-state index contributed by atoms with van der Waals surface area (Å²) >= 11 is 0. The van der Waals surface area contributed by atoms with E-state index in [9.17, 15) is 28.5 Å². The van der Waals surface area contributed by atoms with Gasteiger partial charge in [0.25, 0.3) is 0 Å². The number of para-hydroxylation sites is 1. The number of hydrogen-bond donors (Lipinski definition) is 3. The smallest absolute Gasteiger partial charge is 0.405 e. The topological polar surface area (TPSA) is 69.9 Å². The van der Waals surface area contributed by atoms with Gasteiger partial charge < -0.3 is 20.1 Å². The Morgan fingerprint density at radius 2 is 1.65 bits per heavy atom. The van der Waals surface area contributed by atoms with Crippen LogP contribution in [0.4, 0.5) is 17.6 Å². The molecule has 10 atom stereocenters. The molecule has 1 aromatic rings. The van der Waals surface area contributed by atoms with Crippen molar-refractivity contribution in [2.24, 2.45) is 40.4 Å². The Morgan fingerprint density at radius 3 is 2.38 bits per heavy atom. The molecule has 0 amide bonds. The molecule has 1 aromatic carbocycles. The normalized spacial score (nSPS) is 39.2. The Labute approximate surface area is 234 Å². The van der Waals surface area contributed by atoms with Crippen molar-refractivity contribution in [2.45, 2.75) is 110 Å². The molecule has 4 nitrogen and oxygen atoms in total. The van der Waals surface area contributed by atoms with E-state index in [4.69, 9.17) is 0 Å². The lowest BCUT2D eigenvalue weighted by atomic mass is 9.47. The quantitative estimate of drug-likeness (QED) is 0.296. The minimum Gasteiger partial charge on any atom is -0.405 e. The van der Waals surface area contributed by atoms with Gasteiger partial charge in [0.2, 0.25) is 0 Å². The second kappa shape index (κ2) is 10.9. The van der Waals surface area contributed by atoms with Crippen LogP contribution in [0.25, 0.3) is 0 Å². The summed E-state index contributed by atoms with van der Waals surface area (Å²) in [7, 11) is 0. The van der Waals surface area contributed by atoms with Crippen LogP contribution in [0.1, 0.15) is 96.6 Å². The van der Waals surface area contributed by atoms with Gasteiger partial charge >= 0.3 is 6.36 Å². The summed E-state index contributed by atoms with van der Waals surface area (Å²) in [6, 6.07) is 5.75. The zero-order chi connectivity index (χ0) is 29.0. The van der Waals surface area contributed by atoms with Crippen LogP contribution in [-0.2, 0) is 0 Å². The highest BCUT2D eigenvalue weighted by molar-refractivity contribution is 5.35. The number of halogens is 4. The van der Waals surface area contributed by atoms with E-state index in [1.807, 2.05) is 0 Å². The summed E-state index contributed by atoms with van der Waals surface area (Å²) in [5, 5.41) is 31.7. The van der Waals surface area contributed by atoms with Gasteiger partial charge in [-0.1, -0.05) is 51.8 Å². The molecule has 0 heterocycles. The van der Waals surface area contributed by atoms with E-state index in [-0.39, 0.29) is 52.1 Å². The maximum atomic E-state index is 15.9. The van der Waals surface area contributed by atoms with Gasteiger partial charge in [0, 0.05) is 12.0 Å². The van der Waals surface area contributed by atoms with Crippen LogP contribution in [0, 0.1) is 40.4 Å². The standard InChI is InChI=1S/C32H44F4O4/c1-18(7-6-9-25(37)19-8-4-5-10-27(19)40-32(34,35)36)20-11-12-21-28-22(13-15-30(20,21)2)31(3)16-14-26(38)29(39)23(31)17-24(28)33/h4-5,8,10,18,20-23,25-26,29,37-39H,6-7,9,11-17H2,1-3H3/t18-,20-,21+,22+,23+,25?,26+,29-,30-,31-/m1/s1. The van der Waals surface area contributed by atoms with Gasteiger partial charge in [-0.2, -0.15) is 0 Å². The fourth-order valence-corrected chi connectivity index (χ4v) is 9.52. The van der Waals surface area contributed by atoms with Crippen molar-refractivity contribution in [1.29, 1.82) is 0 Å². The third-order valence-corrected chi connectivity index (χ3v) is 11.6. The zero-order valence-corrected chi connectivity index (χ0v) is 23.8. The average Bonchev–Trinajstić information content (AvgIpc) is 3.24. The van der Waals surface area contributed by atoms with Crippen LogP contribution < -0.4 is 4.74 Å². The molecule has 8 heteroatoms. The van der Waals surface area contributed by atoms with Crippen molar-refractivity contribution in [1.82, 2.24) is 0 Å². The fraction of sp³-hybridized carbons (Fsp3) is 0.750. The second-order valence-corrected chi connectivity index (χ2v) is 13.6. The summed E-state index contributed by atoms with van der Waals surface area (Å²) in [6.07, 6.45) is -0.256. The number of allylic oxidation sites excluding steroid dienone is 2. The van der Waals surface area contributed by atoms with Crippen LogP contribution in [0.5, 0.6) is 5.75 Å². The van der Waals surface area contributed by atoms with Crippen LogP contribution >= 0.6 is 0 Å². The number of hydrogen-bond acceptors (Lipinski definition) is 4. The Bertz CT molecular complexity index is 1100. The molecule has 0 saturated heterocycles. The lowest BCUT2D eigenvalue weighted by Gasteiger charge is -2.59. The van der Waals surface area contributed by atoms with E-state index >= 15 is 4.39 Å². The van der Waals surface area contributed by atoms with Crippen molar-refractivity contribution in [2.75, 3.05) is 0 Å². The van der Waals surface area contributed by atoms with Gasteiger partial charge in [0.1, 0.15) is 11.6 Å². The highest BCUT2D eigenvalue weighted by Gasteiger charge is 2.61. The predicted molar refractivity (Wildman–Crippen MR) is 144 cm³/mol. The summed E-state index contributed by atoms with van der Waals surface area (Å²) in [4.78, 5) is 0. The first-order valence-electron chi connectivity index (χ1n) is 15.0. The van der Waals surface area contributed by atoms with E-state index in [0.717, 1.165) is 44.1 Å². The molecule has 3 N–H and O–H groups in total. The van der Waals surface area contributed by atoms with Gasteiger partial charge in [-0.3, -0.25) is 0 Å². The third-order valence-electron chi connectivity index (χ3n) is 11.6. The van der Waals surface area contributed by atoms with E-state index < -0.39 is 24.7 Å². The first-order chi connectivity index (χ1) is 18.8. The number of alkyl halides is 3. The second-order valence-electron chi connectivity index (χ2n) is 13.6. The van der Waals surface area contributed by atoms with Crippen LogP contribution in [0.3, 0.4) is 0 Å². The Balaban J connectivity index is 1.25. The summed E-state index contributed by atoms with van der Waals surface area (Å²) in [5.41, 5.74) is 0.911. The molecule has 0 aliphatic heterocycles. The molecular formula is C32H44F4O4. The maximum absolute atomic E-state index is 15.9. The van der Waals surface area contributed by atoms with Gasteiger partial charge in [-0.15, -0.1) is 13.2 Å². The molecule has 0 radical (unpaired) electrons. The average molecular weight is 569 g/mol. The Hall–Kier alpha value is -1.64. The highest BCUT2D eigenvalue weighted by Crippen LogP contribution is 2.68. The Kier molecular flexibility index (Phi) is 8.12. The van der Waals surface area contributed by atoms with Crippen molar-refractivity contribution in [3.63, 3.8) is 0 Å². The number of aliphatic hydroxyl groups excluding tert-OH is 3. The zero-order valence-electron chi connectivity index (χ0n) is 23.8. The molecule has 3 fully saturated rings. The number of fused-ring (bicyclic) bond motifs is 5. The third kappa shape index (κ3) is 5.22. The number of aliphatic hydroxyl groups is 3. The molecule has 4 aliphatic rings. The lowest BCUT2D eigenvalue weighted by Crippen LogP contribution is -2.55. The van der Waals surface area contributed by atoms with E-state index in [0.29, 0.717) is 31.1 Å². The molecule has 3 saturated carbocycles. The summed E-state index contributed by atoms with van der Waals surface area (Å²) < 4.78 is 58.4. The summed E-state index contributed by atoms with van der Waals surface area (Å²) in [6.45, 7) is 6.74. The van der Waals surface area contributed by atoms with E-state index in [1.54, 1.807) is 6.07 Å². The molecule has 1 unspecified atom stereocenters. The highest BCUT2D eigenvalue weighted by atomic mass is 19.4. The Morgan fingerprint density at radius 1 is 0.975 bits per heavy atom. The molecule has 224 valence electrons. The molecule has 4 aliphatic carbocycles. The van der Waals surface area contributed by atoms with Gasteiger partial charge in [-0.25, -0.2) is 4.39 Å². The molecule has 0 bridgehead atoms. The predicted octanol–water partition coefficient (Wildman–Crippen LogP) is 7.63. The van der Waals surface area contributed by atoms with Crippen LogP contribution in [-0.4, -0.2) is 33.9 Å². The number of rotatable bonds is 7. The molecule has 40 heavy (non-hydrogen) atoms.